The van der Waals surface area contributed by atoms with Crippen LogP contribution in [0.5, 0.6) is 0 Å². The van der Waals surface area contributed by atoms with Crippen molar-refractivity contribution in [2.24, 2.45) is 0 Å². The van der Waals surface area contributed by atoms with Gasteiger partial charge in [-0.15, -0.1) is 55.9 Å². The standard InChI is InChI=1S/2C15H17.Hf/c2*1-9-7-14-10(2)12-5-4-6-13(12)11(3)15(14)8-9;/h2*7-8H,4-6H2,1-3H3;/q2*-1;. The Balaban J connectivity index is 0.000000144. The van der Waals surface area contributed by atoms with Gasteiger partial charge in [0.15, 0.2) is 0 Å². The molecule has 2 aliphatic carbocycles. The van der Waals surface area contributed by atoms with Gasteiger partial charge in [-0.2, -0.15) is 12.1 Å². The molecule has 0 spiro atoms. The molecule has 0 atom stereocenters. The van der Waals surface area contributed by atoms with Gasteiger partial charge in [-0.1, -0.05) is 61.1 Å². The molecule has 0 nitrogen and oxygen atoms in total. The van der Waals surface area contributed by atoms with Crippen molar-refractivity contribution in [1.29, 1.82) is 0 Å². The summed E-state index contributed by atoms with van der Waals surface area (Å²) in [6, 6.07) is 9.37. The molecule has 0 amide bonds. The van der Waals surface area contributed by atoms with Gasteiger partial charge in [0.25, 0.3) is 0 Å². The van der Waals surface area contributed by atoms with Gasteiger partial charge >= 0.3 is 0 Å². The zero-order valence-electron chi connectivity index (χ0n) is 20.1. The van der Waals surface area contributed by atoms with E-state index in [0.717, 1.165) is 0 Å². The van der Waals surface area contributed by atoms with E-state index in [1.54, 1.807) is 22.3 Å². The van der Waals surface area contributed by atoms with Gasteiger partial charge in [-0.3, -0.25) is 0 Å². The van der Waals surface area contributed by atoms with Crippen LogP contribution in [0.1, 0.15) is 68.5 Å². The van der Waals surface area contributed by atoms with Crippen molar-refractivity contribution >= 4 is 21.5 Å². The van der Waals surface area contributed by atoms with Crippen LogP contribution in [0.15, 0.2) is 24.3 Å². The van der Waals surface area contributed by atoms with Crippen LogP contribution < -0.4 is 0 Å². The maximum absolute atomic E-state index is 2.34. The van der Waals surface area contributed by atoms with E-state index >= 15 is 0 Å². The monoisotopic (exact) mass is 574 g/mol. The molecule has 0 aliphatic heterocycles. The number of fused-ring (bicyclic) bond motifs is 4. The Kier molecular flexibility index (Phi) is 6.21. The molecule has 31 heavy (non-hydrogen) atoms. The van der Waals surface area contributed by atoms with Crippen molar-refractivity contribution in [3.63, 3.8) is 0 Å². The van der Waals surface area contributed by atoms with E-state index in [1.807, 2.05) is 0 Å². The Hall–Kier alpha value is -1.47. The summed E-state index contributed by atoms with van der Waals surface area (Å²) < 4.78 is 0. The third-order valence-corrected chi connectivity index (χ3v) is 7.93. The quantitative estimate of drug-likeness (QED) is 0.148. The van der Waals surface area contributed by atoms with Crippen LogP contribution >= 0.6 is 0 Å². The van der Waals surface area contributed by atoms with Crippen LogP contribution in [0.25, 0.3) is 21.5 Å². The second-order valence-electron chi connectivity index (χ2n) is 9.84. The van der Waals surface area contributed by atoms with Crippen LogP contribution in [0.4, 0.5) is 0 Å². The Morgan fingerprint density at radius 2 is 0.839 bits per heavy atom. The number of benzene rings is 2. The summed E-state index contributed by atoms with van der Waals surface area (Å²) in [5.74, 6) is 0. The molecule has 0 bridgehead atoms. The first-order valence-corrected chi connectivity index (χ1v) is 11.7. The Morgan fingerprint density at radius 3 is 1.19 bits per heavy atom. The normalized spacial score (nSPS) is 14.4. The summed E-state index contributed by atoms with van der Waals surface area (Å²) in [6.07, 6.45) is 7.87. The van der Waals surface area contributed by atoms with Crippen molar-refractivity contribution in [3.8, 4) is 0 Å². The van der Waals surface area contributed by atoms with E-state index in [0.29, 0.717) is 0 Å². The summed E-state index contributed by atoms with van der Waals surface area (Å²) in [6.45, 7) is 13.6. The van der Waals surface area contributed by atoms with Gasteiger partial charge in [0.1, 0.15) is 0 Å². The largest absolute Gasteiger partial charge is 0.165 e. The minimum absolute atomic E-state index is 0. The molecule has 0 saturated heterocycles. The maximum Gasteiger partial charge on any atom is 0 e. The molecular formula is C30H34Hf-2. The van der Waals surface area contributed by atoms with E-state index in [-0.39, 0.29) is 25.8 Å². The molecule has 6 rings (SSSR count). The molecule has 0 fully saturated rings. The van der Waals surface area contributed by atoms with E-state index in [1.165, 1.54) is 93.5 Å². The van der Waals surface area contributed by atoms with E-state index in [2.05, 4.69) is 65.8 Å². The molecule has 0 radical (unpaired) electrons. The average Bonchev–Trinajstić information content (AvgIpc) is 3.49. The van der Waals surface area contributed by atoms with Gasteiger partial charge in [0.2, 0.25) is 0 Å². The number of rotatable bonds is 0. The topological polar surface area (TPSA) is 0 Å². The number of aryl methyl sites for hydroxylation is 6. The first-order valence-electron chi connectivity index (χ1n) is 11.7. The van der Waals surface area contributed by atoms with E-state index < -0.39 is 0 Å². The van der Waals surface area contributed by atoms with Gasteiger partial charge in [-0.05, 0) is 52.4 Å². The molecule has 0 N–H and O–H groups in total. The summed E-state index contributed by atoms with van der Waals surface area (Å²) in [7, 11) is 0. The third-order valence-electron chi connectivity index (χ3n) is 7.93. The second kappa shape index (κ2) is 8.47. The molecule has 1 heteroatoms. The maximum atomic E-state index is 2.34. The fourth-order valence-electron chi connectivity index (χ4n) is 6.34. The minimum atomic E-state index is 0. The predicted octanol–water partition coefficient (Wildman–Crippen LogP) is 7.94. The molecule has 160 valence electrons. The van der Waals surface area contributed by atoms with Crippen molar-refractivity contribution in [1.82, 2.24) is 0 Å². The van der Waals surface area contributed by atoms with Crippen LogP contribution in [-0.2, 0) is 51.5 Å². The van der Waals surface area contributed by atoms with Crippen molar-refractivity contribution in [3.05, 3.63) is 79.9 Å². The zero-order valence-corrected chi connectivity index (χ0v) is 23.6. The molecule has 4 aromatic rings. The van der Waals surface area contributed by atoms with Crippen molar-refractivity contribution < 1.29 is 25.8 Å². The molecule has 0 heterocycles. The van der Waals surface area contributed by atoms with E-state index in [9.17, 15) is 0 Å². The van der Waals surface area contributed by atoms with Crippen LogP contribution in [0.2, 0.25) is 0 Å². The number of hydrogen-bond donors (Lipinski definition) is 0. The molecule has 2 aliphatic rings. The first kappa shape index (κ1) is 22.7. The molecular weight excluding hydrogens is 539 g/mol. The Bertz CT molecular complexity index is 1100. The fourth-order valence-corrected chi connectivity index (χ4v) is 6.34. The molecule has 4 aromatic carbocycles. The predicted molar refractivity (Wildman–Crippen MR) is 132 cm³/mol. The van der Waals surface area contributed by atoms with Crippen molar-refractivity contribution in [2.45, 2.75) is 80.1 Å². The average molecular weight is 573 g/mol. The van der Waals surface area contributed by atoms with E-state index in [4.69, 9.17) is 0 Å². The zero-order chi connectivity index (χ0) is 21.2. The number of hydrogen-bond acceptors (Lipinski definition) is 0. The molecule has 0 unspecified atom stereocenters. The Labute approximate surface area is 206 Å². The van der Waals surface area contributed by atoms with Crippen molar-refractivity contribution in [2.75, 3.05) is 0 Å². The molecule has 0 aromatic heterocycles. The SMILES string of the molecule is Cc1cc2c(C)c3c(c(C)c2[cH-]1)CCC3.Cc1cc2c(C)c3c(c(C)c2[cH-]1)CCC3.[Hf]. The van der Waals surface area contributed by atoms with Gasteiger partial charge < -0.3 is 0 Å². The summed E-state index contributed by atoms with van der Waals surface area (Å²) >= 11 is 0. The molecule has 0 saturated carbocycles. The summed E-state index contributed by atoms with van der Waals surface area (Å²) in [5.41, 5.74) is 15.5. The fraction of sp³-hybridized carbons (Fsp3) is 0.400. The van der Waals surface area contributed by atoms with Crippen LogP contribution in [0.3, 0.4) is 0 Å². The Morgan fingerprint density at radius 1 is 0.516 bits per heavy atom. The van der Waals surface area contributed by atoms with Gasteiger partial charge in [-0.25, -0.2) is 0 Å². The minimum Gasteiger partial charge on any atom is -0.165 e. The summed E-state index contributed by atoms with van der Waals surface area (Å²) in [4.78, 5) is 0. The summed E-state index contributed by atoms with van der Waals surface area (Å²) in [5, 5.41) is 5.97. The van der Waals surface area contributed by atoms with Crippen LogP contribution in [0, 0.1) is 41.5 Å². The first-order chi connectivity index (χ1) is 14.4. The third kappa shape index (κ3) is 3.62. The second-order valence-corrected chi connectivity index (χ2v) is 9.84. The van der Waals surface area contributed by atoms with Crippen LogP contribution in [-0.4, -0.2) is 0 Å². The van der Waals surface area contributed by atoms with Gasteiger partial charge in [0, 0.05) is 25.8 Å². The van der Waals surface area contributed by atoms with Gasteiger partial charge in [0.05, 0.1) is 0 Å². The smallest absolute Gasteiger partial charge is 0 e.